The highest BCUT2D eigenvalue weighted by atomic mass is 16.5. The molecule has 0 bridgehead atoms. The maximum Gasteiger partial charge on any atom is 0.411 e. The molecule has 0 aromatic rings. The van der Waals surface area contributed by atoms with Crippen LogP contribution in [-0.2, 0) is 4.74 Å². The number of nitrogens with one attached hydrogen (secondary N) is 1. The Morgan fingerprint density at radius 3 is 2.80 bits per heavy atom. The first-order valence-electron chi connectivity index (χ1n) is 5.50. The van der Waals surface area contributed by atoms with Crippen molar-refractivity contribution in [1.29, 1.82) is 0 Å². The number of hydrogen-bond donors (Lipinski definition) is 1. The van der Waals surface area contributed by atoms with E-state index >= 15 is 0 Å². The summed E-state index contributed by atoms with van der Waals surface area (Å²) in [5, 5.41) is 2.36. The number of carbonyl (C=O) groups is 1. The third-order valence-corrected chi connectivity index (χ3v) is 1.87. The standard InChI is InChI=1S/C12H21NO2/c1-3-5-6-7-8-9-10-11-15-12(14)13-4-2/h4-6H,2-3,7-11H2,1H3,(H,13,14)/b6-5-. The van der Waals surface area contributed by atoms with Crippen molar-refractivity contribution in [3.8, 4) is 0 Å². The lowest BCUT2D eigenvalue weighted by Crippen LogP contribution is -2.18. The Hall–Kier alpha value is -1.25. The average Bonchev–Trinajstić information content (AvgIpc) is 2.22. The van der Waals surface area contributed by atoms with E-state index in [1.165, 1.54) is 6.20 Å². The van der Waals surface area contributed by atoms with Gasteiger partial charge in [-0.25, -0.2) is 4.79 Å². The van der Waals surface area contributed by atoms with Gasteiger partial charge in [0.25, 0.3) is 0 Å². The SMILES string of the molecule is C=CNC(=O)OCCCCC/C=C\CC. The van der Waals surface area contributed by atoms with Gasteiger partial charge in [-0.1, -0.05) is 25.7 Å². The third kappa shape index (κ3) is 10.7. The minimum absolute atomic E-state index is 0.420. The van der Waals surface area contributed by atoms with Gasteiger partial charge in [-0.05, 0) is 38.3 Å². The Morgan fingerprint density at radius 2 is 2.13 bits per heavy atom. The minimum atomic E-state index is -0.420. The number of alkyl carbamates (subject to hydrolysis) is 1. The van der Waals surface area contributed by atoms with Crippen LogP contribution in [0.4, 0.5) is 4.79 Å². The summed E-state index contributed by atoms with van der Waals surface area (Å²) in [6, 6.07) is 0. The number of ether oxygens (including phenoxy) is 1. The quantitative estimate of drug-likeness (QED) is 0.493. The Morgan fingerprint density at radius 1 is 1.33 bits per heavy atom. The molecule has 0 aliphatic carbocycles. The fourth-order valence-corrected chi connectivity index (χ4v) is 1.12. The predicted octanol–water partition coefficient (Wildman–Crippen LogP) is 3.38. The number of amides is 1. The number of carbonyl (C=O) groups excluding carboxylic acids is 1. The minimum Gasteiger partial charge on any atom is -0.449 e. The van der Waals surface area contributed by atoms with E-state index in [0.29, 0.717) is 6.61 Å². The lowest BCUT2D eigenvalue weighted by atomic mass is 10.2. The molecule has 0 heterocycles. The van der Waals surface area contributed by atoms with Crippen molar-refractivity contribution in [1.82, 2.24) is 5.32 Å². The van der Waals surface area contributed by atoms with E-state index in [1.807, 2.05) is 0 Å². The topological polar surface area (TPSA) is 38.3 Å². The van der Waals surface area contributed by atoms with Crippen LogP contribution in [0.15, 0.2) is 24.9 Å². The molecule has 0 aliphatic heterocycles. The molecule has 0 spiro atoms. The second-order valence-corrected chi connectivity index (χ2v) is 3.21. The normalized spacial score (nSPS) is 10.2. The van der Waals surface area contributed by atoms with Gasteiger partial charge in [-0.2, -0.15) is 0 Å². The number of hydrogen-bond acceptors (Lipinski definition) is 2. The molecular weight excluding hydrogens is 190 g/mol. The molecule has 0 aromatic carbocycles. The zero-order valence-corrected chi connectivity index (χ0v) is 9.50. The van der Waals surface area contributed by atoms with Crippen molar-refractivity contribution >= 4 is 6.09 Å². The van der Waals surface area contributed by atoms with Crippen molar-refractivity contribution in [3.63, 3.8) is 0 Å². The monoisotopic (exact) mass is 211 g/mol. The highest BCUT2D eigenvalue weighted by molar-refractivity contribution is 5.68. The van der Waals surface area contributed by atoms with Gasteiger partial charge in [-0.3, -0.25) is 5.32 Å². The Labute approximate surface area is 92.2 Å². The summed E-state index contributed by atoms with van der Waals surface area (Å²) in [5.41, 5.74) is 0. The first-order chi connectivity index (χ1) is 7.31. The van der Waals surface area contributed by atoms with Crippen LogP contribution in [0.1, 0.15) is 39.0 Å². The molecular formula is C12H21NO2. The molecule has 0 radical (unpaired) electrons. The molecule has 3 heteroatoms. The zero-order valence-electron chi connectivity index (χ0n) is 9.50. The van der Waals surface area contributed by atoms with Crippen LogP contribution in [0.2, 0.25) is 0 Å². The summed E-state index contributed by atoms with van der Waals surface area (Å²) in [7, 11) is 0. The Balaban J connectivity index is 3.14. The molecule has 0 unspecified atom stereocenters. The van der Waals surface area contributed by atoms with Gasteiger partial charge in [0.15, 0.2) is 0 Å². The van der Waals surface area contributed by atoms with Crippen molar-refractivity contribution in [2.24, 2.45) is 0 Å². The Bertz CT molecular complexity index is 200. The highest BCUT2D eigenvalue weighted by Crippen LogP contribution is 2.01. The van der Waals surface area contributed by atoms with E-state index in [2.05, 4.69) is 31.0 Å². The third-order valence-electron chi connectivity index (χ3n) is 1.87. The molecule has 0 aliphatic rings. The summed E-state index contributed by atoms with van der Waals surface area (Å²) in [4.78, 5) is 10.8. The number of unbranched alkanes of at least 4 members (excludes halogenated alkanes) is 3. The van der Waals surface area contributed by atoms with Crippen LogP contribution in [0, 0.1) is 0 Å². The second-order valence-electron chi connectivity index (χ2n) is 3.21. The second kappa shape index (κ2) is 10.8. The van der Waals surface area contributed by atoms with Gasteiger partial charge in [0, 0.05) is 0 Å². The number of rotatable bonds is 8. The highest BCUT2D eigenvalue weighted by Gasteiger charge is 1.96. The van der Waals surface area contributed by atoms with Crippen molar-refractivity contribution in [2.75, 3.05) is 6.61 Å². The molecule has 0 rings (SSSR count). The van der Waals surface area contributed by atoms with Crippen molar-refractivity contribution < 1.29 is 9.53 Å². The van der Waals surface area contributed by atoms with Crippen LogP contribution in [0.3, 0.4) is 0 Å². The summed E-state index contributed by atoms with van der Waals surface area (Å²) in [6.45, 7) is 5.98. The van der Waals surface area contributed by atoms with Gasteiger partial charge in [-0.15, -0.1) is 0 Å². The van der Waals surface area contributed by atoms with Gasteiger partial charge < -0.3 is 4.74 Å². The smallest absolute Gasteiger partial charge is 0.411 e. The molecule has 1 amide bonds. The van der Waals surface area contributed by atoms with E-state index in [4.69, 9.17) is 4.74 Å². The predicted molar refractivity (Wildman–Crippen MR) is 62.6 cm³/mol. The van der Waals surface area contributed by atoms with E-state index in [9.17, 15) is 4.79 Å². The summed E-state index contributed by atoms with van der Waals surface area (Å²) in [5.74, 6) is 0. The summed E-state index contributed by atoms with van der Waals surface area (Å²) < 4.78 is 4.87. The molecule has 15 heavy (non-hydrogen) atoms. The van der Waals surface area contributed by atoms with E-state index in [0.717, 1.165) is 32.1 Å². The molecule has 1 N–H and O–H groups in total. The Kier molecular flexibility index (Phi) is 9.93. The van der Waals surface area contributed by atoms with Crippen molar-refractivity contribution in [2.45, 2.75) is 39.0 Å². The number of allylic oxidation sites excluding steroid dienone is 2. The van der Waals surface area contributed by atoms with Crippen LogP contribution >= 0.6 is 0 Å². The van der Waals surface area contributed by atoms with E-state index in [1.54, 1.807) is 0 Å². The molecule has 0 fully saturated rings. The molecule has 0 aromatic heterocycles. The van der Waals surface area contributed by atoms with Crippen LogP contribution < -0.4 is 5.32 Å². The van der Waals surface area contributed by atoms with Gasteiger partial charge in [0.05, 0.1) is 6.61 Å². The molecule has 3 nitrogen and oxygen atoms in total. The maximum absolute atomic E-state index is 10.8. The first-order valence-corrected chi connectivity index (χ1v) is 5.50. The fourth-order valence-electron chi connectivity index (χ4n) is 1.12. The lowest BCUT2D eigenvalue weighted by molar-refractivity contribution is 0.148. The molecule has 0 saturated heterocycles. The summed E-state index contributed by atoms with van der Waals surface area (Å²) in [6.07, 6.45) is 10.7. The van der Waals surface area contributed by atoms with Crippen LogP contribution in [-0.4, -0.2) is 12.7 Å². The molecule has 0 saturated carbocycles. The summed E-state index contributed by atoms with van der Waals surface area (Å²) >= 11 is 0. The molecule has 86 valence electrons. The largest absolute Gasteiger partial charge is 0.449 e. The zero-order chi connectivity index (χ0) is 11.4. The van der Waals surface area contributed by atoms with Crippen LogP contribution in [0.5, 0.6) is 0 Å². The van der Waals surface area contributed by atoms with Gasteiger partial charge >= 0.3 is 6.09 Å². The van der Waals surface area contributed by atoms with Crippen LogP contribution in [0.25, 0.3) is 0 Å². The maximum atomic E-state index is 10.8. The lowest BCUT2D eigenvalue weighted by Gasteiger charge is -2.02. The average molecular weight is 211 g/mol. The van der Waals surface area contributed by atoms with Crippen molar-refractivity contribution in [3.05, 3.63) is 24.9 Å². The van der Waals surface area contributed by atoms with E-state index in [-0.39, 0.29) is 0 Å². The molecule has 0 atom stereocenters. The van der Waals surface area contributed by atoms with E-state index < -0.39 is 6.09 Å². The van der Waals surface area contributed by atoms with Gasteiger partial charge in [0.1, 0.15) is 0 Å². The first kappa shape index (κ1) is 13.8. The fraction of sp³-hybridized carbons (Fsp3) is 0.583. The van der Waals surface area contributed by atoms with Gasteiger partial charge in [0.2, 0.25) is 0 Å².